The molecule has 7 heteroatoms. The fraction of sp³-hybridized carbons (Fsp3) is 0.0870. The predicted octanol–water partition coefficient (Wildman–Crippen LogP) is 5.29. The van der Waals surface area contributed by atoms with Gasteiger partial charge >= 0.3 is 0 Å². The predicted molar refractivity (Wildman–Crippen MR) is 133 cm³/mol. The zero-order valence-electron chi connectivity index (χ0n) is 16.5. The van der Waals surface area contributed by atoms with Crippen LogP contribution in [0.5, 0.6) is 0 Å². The first-order valence-corrected chi connectivity index (χ1v) is 10.7. The largest absolute Gasteiger partial charge is 0.332 e. The van der Waals surface area contributed by atoms with E-state index in [0.29, 0.717) is 22.5 Å². The third kappa shape index (κ3) is 5.64. The summed E-state index contributed by atoms with van der Waals surface area (Å²) in [6.07, 6.45) is 0. The lowest BCUT2D eigenvalue weighted by Crippen LogP contribution is -2.34. The number of thiocarbonyl (C=S) groups is 1. The number of amides is 2. The molecule has 0 heterocycles. The molecule has 0 unspecified atom stereocenters. The summed E-state index contributed by atoms with van der Waals surface area (Å²) >= 11 is 7.42. The SMILES string of the molecule is Cc1ccc(NC(=O)c2ccccc2NC(=S)NC(=O)c2cccc(I)c2)cc1C. The van der Waals surface area contributed by atoms with Gasteiger partial charge in [0.15, 0.2) is 5.11 Å². The second-order valence-electron chi connectivity index (χ2n) is 6.72. The fourth-order valence-electron chi connectivity index (χ4n) is 2.77. The molecule has 0 bridgehead atoms. The molecule has 3 N–H and O–H groups in total. The van der Waals surface area contributed by atoms with Crippen molar-refractivity contribution in [2.45, 2.75) is 13.8 Å². The van der Waals surface area contributed by atoms with Gasteiger partial charge in [-0.15, -0.1) is 0 Å². The van der Waals surface area contributed by atoms with E-state index in [-0.39, 0.29) is 16.9 Å². The number of carbonyl (C=O) groups is 2. The monoisotopic (exact) mass is 529 g/mol. The van der Waals surface area contributed by atoms with E-state index >= 15 is 0 Å². The molecular weight excluding hydrogens is 509 g/mol. The maximum absolute atomic E-state index is 12.8. The van der Waals surface area contributed by atoms with E-state index in [1.54, 1.807) is 42.5 Å². The Bertz CT molecular complexity index is 1130. The molecule has 152 valence electrons. The lowest BCUT2D eigenvalue weighted by atomic mass is 10.1. The molecule has 0 radical (unpaired) electrons. The minimum absolute atomic E-state index is 0.116. The first kappa shape index (κ1) is 21.9. The Labute approximate surface area is 194 Å². The van der Waals surface area contributed by atoms with Crippen LogP contribution >= 0.6 is 34.8 Å². The molecule has 3 rings (SSSR count). The van der Waals surface area contributed by atoms with Crippen molar-refractivity contribution in [3.8, 4) is 0 Å². The Balaban J connectivity index is 1.71. The molecule has 5 nitrogen and oxygen atoms in total. The molecule has 3 aromatic rings. The van der Waals surface area contributed by atoms with Crippen LogP contribution in [0.15, 0.2) is 66.7 Å². The van der Waals surface area contributed by atoms with Gasteiger partial charge in [0.1, 0.15) is 0 Å². The highest BCUT2D eigenvalue weighted by atomic mass is 127. The molecule has 0 aliphatic heterocycles. The topological polar surface area (TPSA) is 70.2 Å². The number of hydrogen-bond acceptors (Lipinski definition) is 3. The van der Waals surface area contributed by atoms with Crippen LogP contribution in [0.4, 0.5) is 11.4 Å². The van der Waals surface area contributed by atoms with Gasteiger partial charge in [0, 0.05) is 14.8 Å². The molecular formula is C23H20IN3O2S. The summed E-state index contributed by atoms with van der Waals surface area (Å²) in [7, 11) is 0. The molecule has 3 aromatic carbocycles. The van der Waals surface area contributed by atoms with Crippen LogP contribution in [0.25, 0.3) is 0 Å². The highest BCUT2D eigenvalue weighted by Gasteiger charge is 2.14. The highest BCUT2D eigenvalue weighted by Crippen LogP contribution is 2.19. The number of aryl methyl sites for hydroxylation is 2. The molecule has 0 saturated heterocycles. The second-order valence-corrected chi connectivity index (χ2v) is 8.37. The van der Waals surface area contributed by atoms with E-state index in [9.17, 15) is 9.59 Å². The third-order valence-corrected chi connectivity index (χ3v) is 5.37. The average Bonchev–Trinajstić information content (AvgIpc) is 2.71. The first-order chi connectivity index (χ1) is 14.3. The van der Waals surface area contributed by atoms with Crippen LogP contribution in [0.2, 0.25) is 0 Å². The number of nitrogens with one attached hydrogen (secondary N) is 3. The molecule has 0 saturated carbocycles. The van der Waals surface area contributed by atoms with Gasteiger partial charge in [-0.2, -0.15) is 0 Å². The van der Waals surface area contributed by atoms with E-state index in [1.807, 2.05) is 38.1 Å². The summed E-state index contributed by atoms with van der Waals surface area (Å²) < 4.78 is 0.951. The van der Waals surface area contributed by atoms with Crippen molar-refractivity contribution in [1.82, 2.24) is 5.32 Å². The highest BCUT2D eigenvalue weighted by molar-refractivity contribution is 14.1. The van der Waals surface area contributed by atoms with Crippen LogP contribution in [0, 0.1) is 17.4 Å². The third-order valence-electron chi connectivity index (χ3n) is 4.50. The normalized spacial score (nSPS) is 10.2. The average molecular weight is 529 g/mol. The summed E-state index contributed by atoms with van der Waals surface area (Å²) in [5, 5.41) is 8.62. The van der Waals surface area contributed by atoms with Gasteiger partial charge in [-0.3, -0.25) is 14.9 Å². The van der Waals surface area contributed by atoms with Gasteiger partial charge in [0.2, 0.25) is 0 Å². The lowest BCUT2D eigenvalue weighted by Gasteiger charge is -2.14. The summed E-state index contributed by atoms with van der Waals surface area (Å²) in [5.41, 5.74) is 4.40. The maximum atomic E-state index is 12.8. The Kier molecular flexibility index (Phi) is 7.17. The van der Waals surface area contributed by atoms with Gasteiger partial charge < -0.3 is 10.6 Å². The maximum Gasteiger partial charge on any atom is 0.257 e. The molecule has 0 atom stereocenters. The van der Waals surface area contributed by atoms with Crippen LogP contribution in [0.3, 0.4) is 0 Å². The van der Waals surface area contributed by atoms with E-state index < -0.39 is 0 Å². The summed E-state index contributed by atoms with van der Waals surface area (Å²) in [6, 6.07) is 19.9. The molecule has 2 amide bonds. The standard InChI is InChI=1S/C23H20IN3O2S/c1-14-10-11-18(12-15(14)2)25-22(29)19-8-3-4-9-20(19)26-23(30)27-21(28)16-6-5-7-17(24)13-16/h3-13H,1-2H3,(H,25,29)(H2,26,27,28,30). The van der Waals surface area contributed by atoms with Crippen LogP contribution in [-0.2, 0) is 0 Å². The zero-order valence-corrected chi connectivity index (χ0v) is 19.4. The number of benzene rings is 3. The van der Waals surface area contributed by atoms with Crippen molar-refractivity contribution in [2.24, 2.45) is 0 Å². The molecule has 30 heavy (non-hydrogen) atoms. The fourth-order valence-corrected chi connectivity index (χ4v) is 3.51. The van der Waals surface area contributed by atoms with E-state index in [1.165, 1.54) is 0 Å². The number of rotatable bonds is 4. The van der Waals surface area contributed by atoms with E-state index in [2.05, 4.69) is 38.5 Å². The lowest BCUT2D eigenvalue weighted by molar-refractivity contribution is 0.0976. The van der Waals surface area contributed by atoms with Crippen molar-refractivity contribution in [3.63, 3.8) is 0 Å². The number of hydrogen-bond donors (Lipinski definition) is 3. The second kappa shape index (κ2) is 9.82. The minimum atomic E-state index is -0.317. The van der Waals surface area contributed by atoms with Crippen molar-refractivity contribution in [3.05, 3.63) is 92.6 Å². The molecule has 0 aliphatic rings. The molecule has 0 aromatic heterocycles. The Morgan fingerprint density at radius 3 is 2.33 bits per heavy atom. The zero-order chi connectivity index (χ0) is 21.7. The summed E-state index contributed by atoms with van der Waals surface area (Å²) in [6.45, 7) is 4.01. The summed E-state index contributed by atoms with van der Waals surface area (Å²) in [5.74, 6) is -0.587. The van der Waals surface area contributed by atoms with Crippen LogP contribution < -0.4 is 16.0 Å². The number of para-hydroxylation sites is 1. The first-order valence-electron chi connectivity index (χ1n) is 9.19. The Morgan fingerprint density at radius 1 is 0.833 bits per heavy atom. The Hall–Kier alpha value is -2.78. The van der Waals surface area contributed by atoms with Crippen molar-refractivity contribution < 1.29 is 9.59 Å². The summed E-state index contributed by atoms with van der Waals surface area (Å²) in [4.78, 5) is 25.2. The van der Waals surface area contributed by atoms with E-state index in [4.69, 9.17) is 12.2 Å². The Morgan fingerprint density at radius 2 is 1.60 bits per heavy atom. The number of carbonyl (C=O) groups excluding carboxylic acids is 2. The van der Waals surface area contributed by atoms with Crippen LogP contribution in [-0.4, -0.2) is 16.9 Å². The van der Waals surface area contributed by atoms with E-state index in [0.717, 1.165) is 14.7 Å². The van der Waals surface area contributed by atoms with Gasteiger partial charge in [-0.05, 0) is 102 Å². The smallest absolute Gasteiger partial charge is 0.257 e. The minimum Gasteiger partial charge on any atom is -0.332 e. The molecule has 0 fully saturated rings. The molecule has 0 spiro atoms. The van der Waals surface area contributed by atoms with Crippen molar-refractivity contribution >= 4 is 63.1 Å². The van der Waals surface area contributed by atoms with Crippen molar-refractivity contribution in [1.29, 1.82) is 0 Å². The quantitative estimate of drug-likeness (QED) is 0.318. The number of anilines is 2. The van der Waals surface area contributed by atoms with Crippen molar-refractivity contribution in [2.75, 3.05) is 10.6 Å². The number of halogens is 1. The van der Waals surface area contributed by atoms with Gasteiger partial charge in [0.05, 0.1) is 11.3 Å². The van der Waals surface area contributed by atoms with Crippen LogP contribution in [0.1, 0.15) is 31.8 Å². The molecule has 0 aliphatic carbocycles. The van der Waals surface area contributed by atoms with Gasteiger partial charge in [0.25, 0.3) is 11.8 Å². The van der Waals surface area contributed by atoms with Gasteiger partial charge in [-0.25, -0.2) is 0 Å². The van der Waals surface area contributed by atoms with Gasteiger partial charge in [-0.1, -0.05) is 24.3 Å².